The molecule has 0 bridgehead atoms. The average molecular weight is 428 g/mol. The molecule has 1 atom stereocenters. The zero-order chi connectivity index (χ0) is 21.6. The van der Waals surface area contributed by atoms with Gasteiger partial charge in [-0.15, -0.1) is 0 Å². The smallest absolute Gasteiger partial charge is 0.236 e. The Morgan fingerprint density at radius 3 is 2.77 bits per heavy atom. The normalized spacial score (nSPS) is 21.4. The van der Waals surface area contributed by atoms with Gasteiger partial charge < -0.3 is 14.4 Å². The minimum absolute atomic E-state index is 0.0646. The van der Waals surface area contributed by atoms with Crippen molar-refractivity contribution in [3.63, 3.8) is 0 Å². The molecule has 0 radical (unpaired) electrons. The summed E-state index contributed by atoms with van der Waals surface area (Å²) in [7, 11) is 1.95. The topological polar surface area (TPSA) is 72.7 Å². The highest BCUT2D eigenvalue weighted by Gasteiger charge is 2.31. The molecule has 2 aliphatic rings. The maximum absolute atomic E-state index is 13.2. The molecule has 8 nitrogen and oxygen atoms in total. The summed E-state index contributed by atoms with van der Waals surface area (Å²) in [6.45, 7) is 7.30. The van der Waals surface area contributed by atoms with Crippen LogP contribution in [0.4, 0.5) is 0 Å². The molecule has 2 aromatic heterocycles. The molecule has 4 rings (SSSR count). The molecule has 31 heavy (non-hydrogen) atoms. The van der Waals surface area contributed by atoms with Gasteiger partial charge in [0.1, 0.15) is 0 Å². The van der Waals surface area contributed by atoms with Gasteiger partial charge in [0, 0.05) is 63.9 Å². The zero-order valence-corrected chi connectivity index (χ0v) is 18.6. The van der Waals surface area contributed by atoms with Crippen molar-refractivity contribution < 1.29 is 14.3 Å². The number of hydrogen-bond acceptors (Lipinski definition) is 6. The summed E-state index contributed by atoms with van der Waals surface area (Å²) in [5.41, 5.74) is 3.18. The van der Waals surface area contributed by atoms with Crippen molar-refractivity contribution in [2.75, 3.05) is 39.4 Å². The van der Waals surface area contributed by atoms with E-state index in [2.05, 4.69) is 21.9 Å². The molecule has 0 spiro atoms. The first kappa shape index (κ1) is 21.9. The maximum atomic E-state index is 13.2. The SMILES string of the molecule is Cc1c(CN2CC(=O)N(CC3CCOCC3)CC(OCc3ccccn3)C2)cnn1C. The van der Waals surface area contributed by atoms with Gasteiger partial charge >= 0.3 is 0 Å². The first-order chi connectivity index (χ1) is 15.1. The number of hydrogen-bond donors (Lipinski definition) is 0. The summed E-state index contributed by atoms with van der Waals surface area (Å²) in [6.07, 6.45) is 5.65. The van der Waals surface area contributed by atoms with Gasteiger partial charge in [0.2, 0.25) is 5.91 Å². The van der Waals surface area contributed by atoms with Crippen LogP contribution >= 0.6 is 0 Å². The summed E-state index contributed by atoms with van der Waals surface area (Å²) in [5, 5.41) is 4.35. The van der Waals surface area contributed by atoms with Gasteiger partial charge in [-0.25, -0.2) is 0 Å². The van der Waals surface area contributed by atoms with Crippen LogP contribution in [0.1, 0.15) is 29.8 Å². The fraction of sp³-hybridized carbons (Fsp3) is 0.609. The summed E-state index contributed by atoms with van der Waals surface area (Å²) in [4.78, 5) is 21.7. The molecule has 0 aliphatic carbocycles. The van der Waals surface area contributed by atoms with Crippen molar-refractivity contribution in [3.05, 3.63) is 47.5 Å². The minimum atomic E-state index is -0.0646. The van der Waals surface area contributed by atoms with E-state index in [1.807, 2.05) is 41.0 Å². The van der Waals surface area contributed by atoms with Gasteiger partial charge in [0.05, 0.1) is 31.1 Å². The van der Waals surface area contributed by atoms with Crippen LogP contribution in [-0.4, -0.2) is 76.0 Å². The van der Waals surface area contributed by atoms with E-state index in [0.717, 1.165) is 49.6 Å². The van der Waals surface area contributed by atoms with Crippen LogP contribution in [0.2, 0.25) is 0 Å². The van der Waals surface area contributed by atoms with Crippen LogP contribution in [-0.2, 0) is 34.5 Å². The van der Waals surface area contributed by atoms with E-state index < -0.39 is 0 Å². The van der Waals surface area contributed by atoms with Gasteiger partial charge in [0.15, 0.2) is 0 Å². The number of ether oxygens (including phenoxy) is 2. The molecular weight excluding hydrogens is 394 g/mol. The summed E-state index contributed by atoms with van der Waals surface area (Å²) in [6, 6.07) is 5.84. The number of carbonyl (C=O) groups is 1. The van der Waals surface area contributed by atoms with E-state index in [9.17, 15) is 4.79 Å². The lowest BCUT2D eigenvalue weighted by atomic mass is 9.99. The molecule has 1 unspecified atom stereocenters. The highest BCUT2D eigenvalue weighted by Crippen LogP contribution is 2.20. The molecule has 2 aromatic rings. The van der Waals surface area contributed by atoms with Crippen molar-refractivity contribution in [3.8, 4) is 0 Å². The second kappa shape index (κ2) is 10.3. The Kier molecular flexibility index (Phi) is 7.32. The molecule has 168 valence electrons. The third-order valence-corrected chi connectivity index (χ3v) is 6.34. The average Bonchev–Trinajstić information content (AvgIpc) is 3.01. The number of amides is 1. The van der Waals surface area contributed by atoms with Crippen LogP contribution < -0.4 is 0 Å². The van der Waals surface area contributed by atoms with Crippen LogP contribution in [0.25, 0.3) is 0 Å². The first-order valence-electron chi connectivity index (χ1n) is 11.2. The number of pyridine rings is 1. The fourth-order valence-corrected chi connectivity index (χ4v) is 4.32. The second-order valence-electron chi connectivity index (χ2n) is 8.66. The van der Waals surface area contributed by atoms with Gasteiger partial charge in [-0.3, -0.25) is 19.4 Å². The summed E-state index contributed by atoms with van der Waals surface area (Å²) >= 11 is 0. The molecule has 4 heterocycles. The quantitative estimate of drug-likeness (QED) is 0.671. The maximum Gasteiger partial charge on any atom is 0.236 e. The monoisotopic (exact) mass is 427 g/mol. The molecule has 0 saturated carbocycles. The Balaban J connectivity index is 1.45. The lowest BCUT2D eigenvalue weighted by molar-refractivity contribution is -0.133. The molecular formula is C23H33N5O3. The van der Waals surface area contributed by atoms with Crippen LogP contribution in [0.3, 0.4) is 0 Å². The van der Waals surface area contributed by atoms with Gasteiger partial charge in [-0.2, -0.15) is 5.10 Å². The van der Waals surface area contributed by atoms with Gasteiger partial charge in [0.25, 0.3) is 0 Å². The third-order valence-electron chi connectivity index (χ3n) is 6.34. The number of rotatable bonds is 7. The minimum Gasteiger partial charge on any atom is -0.381 e. The molecule has 0 N–H and O–H groups in total. The second-order valence-corrected chi connectivity index (χ2v) is 8.66. The van der Waals surface area contributed by atoms with Crippen molar-refractivity contribution in [2.45, 2.75) is 39.0 Å². The fourth-order valence-electron chi connectivity index (χ4n) is 4.32. The van der Waals surface area contributed by atoms with Crippen LogP contribution in [0.5, 0.6) is 0 Å². The Hall–Kier alpha value is -2.29. The number of aryl methyl sites for hydroxylation is 1. The number of nitrogens with zero attached hydrogens (tertiary/aromatic N) is 5. The molecule has 2 aliphatic heterocycles. The van der Waals surface area contributed by atoms with Gasteiger partial charge in [-0.1, -0.05) is 6.07 Å². The van der Waals surface area contributed by atoms with Crippen molar-refractivity contribution in [1.29, 1.82) is 0 Å². The van der Waals surface area contributed by atoms with Crippen molar-refractivity contribution >= 4 is 5.91 Å². The largest absolute Gasteiger partial charge is 0.381 e. The summed E-state index contributed by atoms with van der Waals surface area (Å²) < 4.78 is 13.6. The number of carbonyl (C=O) groups excluding carboxylic acids is 1. The van der Waals surface area contributed by atoms with Crippen LogP contribution in [0.15, 0.2) is 30.6 Å². The van der Waals surface area contributed by atoms with Gasteiger partial charge in [-0.05, 0) is 37.8 Å². The predicted molar refractivity (Wildman–Crippen MR) is 116 cm³/mol. The molecule has 1 amide bonds. The standard InChI is InChI=1S/C23H33N5O3/c1-18-20(11-25-26(18)2)13-27-14-22(31-17-21-5-3-4-8-24-21)15-28(23(29)16-27)12-19-6-9-30-10-7-19/h3-5,8,11,19,22H,6-7,9-10,12-17H2,1-2H3. The third kappa shape index (κ3) is 5.90. The Morgan fingerprint density at radius 1 is 1.23 bits per heavy atom. The highest BCUT2D eigenvalue weighted by atomic mass is 16.5. The predicted octanol–water partition coefficient (Wildman–Crippen LogP) is 1.78. The van der Waals surface area contributed by atoms with Crippen molar-refractivity contribution in [2.24, 2.45) is 13.0 Å². The molecule has 0 aromatic carbocycles. The Labute approximate surface area is 184 Å². The lowest BCUT2D eigenvalue weighted by Gasteiger charge is -2.30. The van der Waals surface area contributed by atoms with E-state index in [0.29, 0.717) is 38.7 Å². The van der Waals surface area contributed by atoms with E-state index in [1.54, 1.807) is 6.20 Å². The zero-order valence-electron chi connectivity index (χ0n) is 18.6. The van der Waals surface area contributed by atoms with E-state index in [-0.39, 0.29) is 12.0 Å². The lowest BCUT2D eigenvalue weighted by Crippen LogP contribution is -2.42. The van der Waals surface area contributed by atoms with E-state index in [1.165, 1.54) is 0 Å². The van der Waals surface area contributed by atoms with E-state index in [4.69, 9.17) is 9.47 Å². The Morgan fingerprint density at radius 2 is 2.06 bits per heavy atom. The summed E-state index contributed by atoms with van der Waals surface area (Å²) in [5.74, 6) is 0.679. The van der Waals surface area contributed by atoms with E-state index >= 15 is 0 Å². The molecule has 2 fully saturated rings. The first-order valence-corrected chi connectivity index (χ1v) is 11.2. The molecule has 2 saturated heterocycles. The number of aromatic nitrogens is 3. The molecule has 8 heteroatoms. The van der Waals surface area contributed by atoms with Crippen molar-refractivity contribution in [1.82, 2.24) is 24.6 Å². The van der Waals surface area contributed by atoms with Crippen LogP contribution in [0, 0.1) is 12.8 Å². The highest BCUT2D eigenvalue weighted by molar-refractivity contribution is 5.78. The Bertz CT molecular complexity index is 850.